The van der Waals surface area contributed by atoms with Gasteiger partial charge in [-0.25, -0.2) is 0 Å². The molecule has 1 aliphatic heterocycles. The van der Waals surface area contributed by atoms with Gasteiger partial charge >= 0.3 is 0 Å². The van der Waals surface area contributed by atoms with Crippen LogP contribution >= 0.6 is 0 Å². The fraction of sp³-hybridized carbons (Fsp3) is 0.333. The fourth-order valence-electron chi connectivity index (χ4n) is 2.29. The van der Waals surface area contributed by atoms with E-state index in [-0.39, 0.29) is 11.7 Å². The topological polar surface area (TPSA) is 71.3 Å². The zero-order valence-electron chi connectivity index (χ0n) is 13.0. The number of hydrogen-bond donors (Lipinski definition) is 1. The smallest absolute Gasteiger partial charge is 0.262 e. The van der Waals surface area contributed by atoms with Crippen molar-refractivity contribution in [1.29, 1.82) is 5.26 Å². The van der Waals surface area contributed by atoms with Crippen LogP contribution in [-0.4, -0.2) is 31.8 Å². The third-order valence-corrected chi connectivity index (χ3v) is 3.45. The molecule has 0 aromatic heterocycles. The first-order valence-corrected chi connectivity index (χ1v) is 7.59. The van der Waals surface area contributed by atoms with Crippen LogP contribution in [0.1, 0.15) is 18.4 Å². The highest BCUT2D eigenvalue weighted by molar-refractivity contribution is 6.01. The highest BCUT2D eigenvalue weighted by Gasteiger charge is 2.17. The van der Waals surface area contributed by atoms with Gasteiger partial charge in [0.15, 0.2) is 0 Å². The maximum absolute atomic E-state index is 12.1. The molecule has 0 saturated carbocycles. The van der Waals surface area contributed by atoms with E-state index in [0.29, 0.717) is 24.5 Å². The fourth-order valence-corrected chi connectivity index (χ4v) is 2.29. The summed E-state index contributed by atoms with van der Waals surface area (Å²) in [6.07, 6.45) is 5.16. The largest absolute Gasteiger partial charge is 0.489 e. The quantitative estimate of drug-likeness (QED) is 0.477. The van der Waals surface area contributed by atoms with Gasteiger partial charge < -0.3 is 14.8 Å². The molecule has 0 radical (unpaired) electrons. The first-order valence-electron chi connectivity index (χ1n) is 7.59. The Labute approximate surface area is 136 Å². The van der Waals surface area contributed by atoms with Crippen LogP contribution in [0, 0.1) is 11.3 Å². The first-order chi connectivity index (χ1) is 11.2. The Bertz CT molecular complexity index is 625. The van der Waals surface area contributed by atoms with Crippen molar-refractivity contribution < 1.29 is 14.3 Å². The van der Waals surface area contributed by atoms with E-state index in [2.05, 4.69) is 11.9 Å². The molecule has 1 aromatic rings. The predicted octanol–water partition coefficient (Wildman–Crippen LogP) is 2.45. The second-order valence-electron chi connectivity index (χ2n) is 5.15. The van der Waals surface area contributed by atoms with Gasteiger partial charge in [-0.1, -0.05) is 30.9 Å². The molecule has 1 saturated heterocycles. The molecule has 23 heavy (non-hydrogen) atoms. The van der Waals surface area contributed by atoms with E-state index >= 15 is 0 Å². The molecule has 5 heteroatoms. The minimum absolute atomic E-state index is 0.0395. The number of nitriles is 1. The lowest BCUT2D eigenvalue weighted by Gasteiger charge is -2.11. The van der Waals surface area contributed by atoms with Gasteiger partial charge in [-0.2, -0.15) is 5.26 Å². The second-order valence-corrected chi connectivity index (χ2v) is 5.15. The summed E-state index contributed by atoms with van der Waals surface area (Å²) in [5.74, 6) is 0.202. The lowest BCUT2D eigenvalue weighted by Crippen LogP contribution is -2.32. The molecule has 120 valence electrons. The Morgan fingerprint density at radius 3 is 3.04 bits per heavy atom. The summed E-state index contributed by atoms with van der Waals surface area (Å²) >= 11 is 0. The van der Waals surface area contributed by atoms with Crippen molar-refractivity contribution in [3.8, 4) is 11.8 Å². The molecular formula is C18H20N2O3. The average molecular weight is 312 g/mol. The first kappa shape index (κ1) is 16.8. The number of amides is 1. The Morgan fingerprint density at radius 2 is 2.35 bits per heavy atom. The van der Waals surface area contributed by atoms with Crippen LogP contribution in [0.2, 0.25) is 0 Å². The van der Waals surface area contributed by atoms with E-state index < -0.39 is 5.91 Å². The van der Waals surface area contributed by atoms with Gasteiger partial charge in [0.2, 0.25) is 0 Å². The molecule has 1 amide bonds. The molecule has 0 aliphatic carbocycles. The van der Waals surface area contributed by atoms with Crippen molar-refractivity contribution in [2.24, 2.45) is 0 Å². The SMILES string of the molecule is C=CCOc1ccccc1/C=C(\C#N)C(=O)NC[C@@H]1CCCO1. The van der Waals surface area contributed by atoms with Gasteiger partial charge in [0, 0.05) is 18.7 Å². The summed E-state index contributed by atoms with van der Waals surface area (Å²) in [6.45, 7) is 5.12. The van der Waals surface area contributed by atoms with Crippen LogP contribution in [0.15, 0.2) is 42.5 Å². The number of carbonyl (C=O) groups excluding carboxylic acids is 1. The van der Waals surface area contributed by atoms with Crippen molar-refractivity contribution in [3.63, 3.8) is 0 Å². The van der Waals surface area contributed by atoms with Crippen molar-refractivity contribution in [3.05, 3.63) is 48.1 Å². The molecule has 1 atom stereocenters. The Kier molecular flexibility index (Phi) is 6.40. The highest BCUT2D eigenvalue weighted by Crippen LogP contribution is 2.21. The number of nitrogens with zero attached hydrogens (tertiary/aromatic N) is 1. The van der Waals surface area contributed by atoms with E-state index in [1.807, 2.05) is 18.2 Å². The summed E-state index contributed by atoms with van der Waals surface area (Å²) in [5, 5.41) is 12.0. The number of rotatable bonds is 7. The molecule has 0 unspecified atom stereocenters. The van der Waals surface area contributed by atoms with Crippen molar-refractivity contribution in [2.45, 2.75) is 18.9 Å². The molecule has 0 bridgehead atoms. The molecule has 1 fully saturated rings. The summed E-state index contributed by atoms with van der Waals surface area (Å²) in [5.41, 5.74) is 0.718. The molecule has 1 aromatic carbocycles. The Balaban J connectivity index is 2.06. The van der Waals surface area contributed by atoms with E-state index in [9.17, 15) is 10.1 Å². The number of benzene rings is 1. The standard InChI is InChI=1S/C18H20N2O3/c1-2-9-23-17-8-4-3-6-14(17)11-15(12-19)18(21)20-13-16-7-5-10-22-16/h2-4,6,8,11,16H,1,5,7,9-10,13H2,(H,20,21)/b15-11+/t16-/m0/s1. The average Bonchev–Trinajstić information content (AvgIpc) is 3.10. The number of carbonyl (C=O) groups is 1. The minimum Gasteiger partial charge on any atom is -0.489 e. The van der Waals surface area contributed by atoms with Crippen molar-refractivity contribution in [2.75, 3.05) is 19.8 Å². The number of hydrogen-bond acceptors (Lipinski definition) is 4. The minimum atomic E-state index is -0.401. The van der Waals surface area contributed by atoms with Crippen LogP contribution in [0.4, 0.5) is 0 Å². The monoisotopic (exact) mass is 312 g/mol. The highest BCUT2D eigenvalue weighted by atomic mass is 16.5. The molecule has 5 nitrogen and oxygen atoms in total. The van der Waals surface area contributed by atoms with Gasteiger partial charge in [0.05, 0.1) is 6.10 Å². The van der Waals surface area contributed by atoms with Gasteiger partial charge in [0.25, 0.3) is 5.91 Å². The normalized spacial score (nSPS) is 17.3. The summed E-state index contributed by atoms with van der Waals surface area (Å²) in [4.78, 5) is 12.1. The lowest BCUT2D eigenvalue weighted by atomic mass is 10.1. The van der Waals surface area contributed by atoms with Gasteiger partial charge in [-0.05, 0) is 25.0 Å². The lowest BCUT2D eigenvalue weighted by molar-refractivity contribution is -0.117. The van der Waals surface area contributed by atoms with Crippen LogP contribution in [0.5, 0.6) is 5.75 Å². The summed E-state index contributed by atoms with van der Waals surface area (Å²) in [7, 11) is 0. The third kappa shape index (κ3) is 4.97. The third-order valence-electron chi connectivity index (χ3n) is 3.45. The van der Waals surface area contributed by atoms with Gasteiger partial charge in [-0.15, -0.1) is 0 Å². The zero-order chi connectivity index (χ0) is 16.5. The number of para-hydroxylation sites is 1. The van der Waals surface area contributed by atoms with Gasteiger partial charge in [-0.3, -0.25) is 4.79 Å². The van der Waals surface area contributed by atoms with Crippen molar-refractivity contribution in [1.82, 2.24) is 5.32 Å². The molecular weight excluding hydrogens is 292 g/mol. The van der Waals surface area contributed by atoms with Crippen LogP contribution in [-0.2, 0) is 9.53 Å². The van der Waals surface area contributed by atoms with E-state index in [1.54, 1.807) is 18.2 Å². The van der Waals surface area contributed by atoms with E-state index in [1.165, 1.54) is 6.08 Å². The number of ether oxygens (including phenoxy) is 2. The van der Waals surface area contributed by atoms with Crippen LogP contribution in [0.25, 0.3) is 6.08 Å². The molecule has 0 spiro atoms. The molecule has 2 rings (SSSR count). The maximum Gasteiger partial charge on any atom is 0.262 e. The van der Waals surface area contributed by atoms with E-state index in [0.717, 1.165) is 19.4 Å². The maximum atomic E-state index is 12.1. The van der Waals surface area contributed by atoms with Gasteiger partial charge in [0.1, 0.15) is 24.0 Å². The molecule has 1 aliphatic rings. The van der Waals surface area contributed by atoms with E-state index in [4.69, 9.17) is 9.47 Å². The predicted molar refractivity (Wildman–Crippen MR) is 87.7 cm³/mol. The second kappa shape index (κ2) is 8.76. The molecule has 1 N–H and O–H groups in total. The summed E-state index contributed by atoms with van der Waals surface area (Å²) in [6, 6.07) is 9.18. The summed E-state index contributed by atoms with van der Waals surface area (Å²) < 4.78 is 11.0. The van der Waals surface area contributed by atoms with Crippen LogP contribution in [0.3, 0.4) is 0 Å². The Hall–Kier alpha value is -2.58. The zero-order valence-corrected chi connectivity index (χ0v) is 13.0. The number of nitrogens with one attached hydrogen (secondary N) is 1. The van der Waals surface area contributed by atoms with Crippen molar-refractivity contribution >= 4 is 12.0 Å². The Morgan fingerprint density at radius 1 is 1.52 bits per heavy atom. The van der Waals surface area contributed by atoms with Crippen LogP contribution < -0.4 is 10.1 Å². The molecule has 1 heterocycles.